The Morgan fingerprint density at radius 1 is 1.32 bits per heavy atom. The number of aliphatic hydroxyl groups excluding tert-OH is 1. The normalized spacial score (nSPS) is 14.2. The molecule has 1 amide bonds. The highest BCUT2D eigenvalue weighted by Gasteiger charge is 2.16. The molecule has 5 nitrogen and oxygen atoms in total. The van der Waals surface area contributed by atoms with Crippen LogP contribution in [0.3, 0.4) is 0 Å². The Kier molecular flexibility index (Phi) is 5.79. The van der Waals surface area contributed by atoms with Crippen LogP contribution < -0.4 is 11.1 Å². The van der Waals surface area contributed by atoms with E-state index in [2.05, 4.69) is 5.32 Å². The zero-order chi connectivity index (χ0) is 14.4. The van der Waals surface area contributed by atoms with Crippen molar-refractivity contribution in [2.75, 3.05) is 6.54 Å². The van der Waals surface area contributed by atoms with Crippen molar-refractivity contribution in [3.05, 3.63) is 29.8 Å². The van der Waals surface area contributed by atoms with Gasteiger partial charge in [-0.05, 0) is 30.0 Å². The van der Waals surface area contributed by atoms with Crippen molar-refractivity contribution in [1.82, 2.24) is 5.32 Å². The van der Waals surface area contributed by atoms with Gasteiger partial charge in [0.2, 0.25) is 5.91 Å². The van der Waals surface area contributed by atoms with Crippen LogP contribution in [0.5, 0.6) is 5.75 Å². The molecule has 1 aromatic rings. The molecule has 0 saturated heterocycles. The quantitative estimate of drug-likeness (QED) is 0.599. The summed E-state index contributed by atoms with van der Waals surface area (Å²) in [6.45, 7) is 3.97. The second kappa shape index (κ2) is 7.11. The SMILES string of the molecule is CC(C)C(O)CNC(=O)[C@H](N)Cc1ccc(O)cc1. The van der Waals surface area contributed by atoms with Gasteiger partial charge in [-0.2, -0.15) is 0 Å². The molecule has 0 radical (unpaired) electrons. The first-order valence-corrected chi connectivity index (χ1v) is 6.39. The summed E-state index contributed by atoms with van der Waals surface area (Å²) in [5.74, 6) is -0.0109. The van der Waals surface area contributed by atoms with Crippen molar-refractivity contribution < 1.29 is 15.0 Å². The lowest BCUT2D eigenvalue weighted by Crippen LogP contribution is -2.45. The van der Waals surface area contributed by atoms with Crippen LogP contribution >= 0.6 is 0 Å². The molecule has 19 heavy (non-hydrogen) atoms. The van der Waals surface area contributed by atoms with Crippen molar-refractivity contribution in [1.29, 1.82) is 0 Å². The van der Waals surface area contributed by atoms with Gasteiger partial charge in [-0.1, -0.05) is 26.0 Å². The average Bonchev–Trinajstić information content (AvgIpc) is 2.37. The van der Waals surface area contributed by atoms with E-state index in [0.29, 0.717) is 6.42 Å². The van der Waals surface area contributed by atoms with E-state index in [1.165, 1.54) is 0 Å². The fourth-order valence-electron chi connectivity index (χ4n) is 1.55. The number of hydrogen-bond donors (Lipinski definition) is 4. The van der Waals surface area contributed by atoms with Gasteiger partial charge in [-0.3, -0.25) is 4.79 Å². The Balaban J connectivity index is 2.42. The smallest absolute Gasteiger partial charge is 0.237 e. The number of hydrogen-bond acceptors (Lipinski definition) is 4. The van der Waals surface area contributed by atoms with E-state index in [4.69, 9.17) is 10.8 Å². The van der Waals surface area contributed by atoms with Crippen LogP contribution in [0.1, 0.15) is 19.4 Å². The number of phenolic OH excluding ortho intramolecular Hbond substituents is 1. The van der Waals surface area contributed by atoms with Crippen molar-refractivity contribution in [3.63, 3.8) is 0 Å². The number of carbonyl (C=O) groups excluding carboxylic acids is 1. The molecule has 0 heterocycles. The summed E-state index contributed by atoms with van der Waals surface area (Å²) in [5.41, 5.74) is 6.67. The van der Waals surface area contributed by atoms with Gasteiger partial charge < -0.3 is 21.3 Å². The highest BCUT2D eigenvalue weighted by molar-refractivity contribution is 5.81. The Bertz CT molecular complexity index is 404. The Labute approximate surface area is 113 Å². The van der Waals surface area contributed by atoms with Gasteiger partial charge in [0.25, 0.3) is 0 Å². The number of aromatic hydroxyl groups is 1. The van der Waals surface area contributed by atoms with Crippen molar-refractivity contribution >= 4 is 5.91 Å². The van der Waals surface area contributed by atoms with Crippen LogP contribution in [0, 0.1) is 5.92 Å². The van der Waals surface area contributed by atoms with Crippen LogP contribution in [0.2, 0.25) is 0 Å². The molecule has 0 saturated carbocycles. The van der Waals surface area contributed by atoms with Gasteiger partial charge in [-0.15, -0.1) is 0 Å². The van der Waals surface area contributed by atoms with Gasteiger partial charge in [0.05, 0.1) is 12.1 Å². The van der Waals surface area contributed by atoms with E-state index in [-0.39, 0.29) is 24.1 Å². The molecule has 106 valence electrons. The molecule has 5 heteroatoms. The maximum atomic E-state index is 11.7. The molecule has 1 unspecified atom stereocenters. The van der Waals surface area contributed by atoms with Crippen molar-refractivity contribution in [3.8, 4) is 5.75 Å². The van der Waals surface area contributed by atoms with Crippen LogP contribution in [0.15, 0.2) is 24.3 Å². The third-order valence-electron chi connectivity index (χ3n) is 2.98. The lowest BCUT2D eigenvalue weighted by molar-refractivity contribution is -0.122. The van der Waals surface area contributed by atoms with Gasteiger partial charge >= 0.3 is 0 Å². The predicted octanol–water partition coefficient (Wildman–Crippen LogP) is 0.395. The average molecular weight is 266 g/mol. The van der Waals surface area contributed by atoms with Crippen LogP contribution in [0.25, 0.3) is 0 Å². The molecule has 1 rings (SSSR count). The summed E-state index contributed by atoms with van der Waals surface area (Å²) in [6, 6.07) is 5.91. The number of phenols is 1. The molecule has 1 aromatic carbocycles. The zero-order valence-electron chi connectivity index (χ0n) is 11.3. The Morgan fingerprint density at radius 3 is 2.42 bits per heavy atom. The van der Waals surface area contributed by atoms with Crippen molar-refractivity contribution in [2.45, 2.75) is 32.4 Å². The number of amides is 1. The second-order valence-corrected chi connectivity index (χ2v) is 5.03. The molecule has 0 bridgehead atoms. The number of benzene rings is 1. The summed E-state index contributed by atoms with van der Waals surface area (Å²) >= 11 is 0. The number of aliphatic hydroxyl groups is 1. The first-order chi connectivity index (χ1) is 8.90. The van der Waals surface area contributed by atoms with E-state index in [1.807, 2.05) is 13.8 Å². The van der Waals surface area contributed by atoms with Gasteiger partial charge in [0.15, 0.2) is 0 Å². The molecule has 0 spiro atoms. The number of nitrogens with two attached hydrogens (primary N) is 1. The highest BCUT2D eigenvalue weighted by Crippen LogP contribution is 2.10. The largest absolute Gasteiger partial charge is 0.508 e. The third kappa shape index (κ3) is 5.28. The minimum atomic E-state index is -0.663. The van der Waals surface area contributed by atoms with E-state index in [0.717, 1.165) is 5.56 Å². The summed E-state index contributed by atoms with van der Waals surface area (Å²) < 4.78 is 0. The van der Waals surface area contributed by atoms with Gasteiger partial charge in [0, 0.05) is 6.54 Å². The second-order valence-electron chi connectivity index (χ2n) is 5.03. The highest BCUT2D eigenvalue weighted by atomic mass is 16.3. The molecule has 0 aromatic heterocycles. The maximum absolute atomic E-state index is 11.7. The number of nitrogens with one attached hydrogen (secondary N) is 1. The number of carbonyl (C=O) groups is 1. The van der Waals surface area contributed by atoms with E-state index in [1.54, 1.807) is 24.3 Å². The molecular weight excluding hydrogens is 244 g/mol. The van der Waals surface area contributed by atoms with Crippen LogP contribution in [-0.2, 0) is 11.2 Å². The molecule has 0 aliphatic heterocycles. The van der Waals surface area contributed by atoms with E-state index >= 15 is 0 Å². The topological polar surface area (TPSA) is 95.6 Å². The molecule has 5 N–H and O–H groups in total. The fourth-order valence-corrected chi connectivity index (χ4v) is 1.55. The summed E-state index contributed by atoms with van der Waals surface area (Å²) in [7, 11) is 0. The standard InChI is InChI=1S/C14H22N2O3/c1-9(2)13(18)8-16-14(19)12(15)7-10-3-5-11(17)6-4-10/h3-6,9,12-13,17-18H,7-8,15H2,1-2H3,(H,16,19)/t12-,13?/m1/s1. The lowest BCUT2D eigenvalue weighted by Gasteiger charge is -2.17. The minimum Gasteiger partial charge on any atom is -0.508 e. The minimum absolute atomic E-state index is 0.0913. The third-order valence-corrected chi connectivity index (χ3v) is 2.98. The Morgan fingerprint density at radius 2 is 1.89 bits per heavy atom. The molecule has 0 aliphatic carbocycles. The van der Waals surface area contributed by atoms with Gasteiger partial charge in [-0.25, -0.2) is 0 Å². The lowest BCUT2D eigenvalue weighted by atomic mass is 10.0. The van der Waals surface area contributed by atoms with Crippen molar-refractivity contribution in [2.24, 2.45) is 11.7 Å². The summed E-state index contributed by atoms with van der Waals surface area (Å²) in [4.78, 5) is 11.7. The zero-order valence-corrected chi connectivity index (χ0v) is 11.3. The number of rotatable bonds is 6. The maximum Gasteiger partial charge on any atom is 0.237 e. The monoisotopic (exact) mass is 266 g/mol. The van der Waals surface area contributed by atoms with E-state index < -0.39 is 12.1 Å². The fraction of sp³-hybridized carbons (Fsp3) is 0.500. The van der Waals surface area contributed by atoms with E-state index in [9.17, 15) is 9.90 Å². The summed E-state index contributed by atoms with van der Waals surface area (Å²) in [5, 5.41) is 21.4. The van der Waals surface area contributed by atoms with Crippen LogP contribution in [0.4, 0.5) is 0 Å². The predicted molar refractivity (Wildman–Crippen MR) is 73.6 cm³/mol. The first kappa shape index (κ1) is 15.5. The van der Waals surface area contributed by atoms with Crippen LogP contribution in [-0.4, -0.2) is 34.8 Å². The van der Waals surface area contributed by atoms with Gasteiger partial charge in [0.1, 0.15) is 5.75 Å². The first-order valence-electron chi connectivity index (χ1n) is 6.39. The molecular formula is C14H22N2O3. The summed E-state index contributed by atoms with van der Waals surface area (Å²) in [6.07, 6.45) is -0.172. The molecule has 0 aliphatic rings. The molecule has 0 fully saturated rings. The Hall–Kier alpha value is -1.59. The molecule has 2 atom stereocenters.